The van der Waals surface area contributed by atoms with Crippen LogP contribution in [-0.4, -0.2) is 18.5 Å². The molecule has 1 N–H and O–H groups in total. The first-order valence-corrected chi connectivity index (χ1v) is 4.99. The number of benzene rings is 1. The predicted octanol–water partition coefficient (Wildman–Crippen LogP) is 1.42. The minimum Gasteiger partial charge on any atom is -0.447 e. The Hall–Kier alpha value is -2.10. The lowest BCUT2D eigenvalue weighted by atomic mass is 10.1. The van der Waals surface area contributed by atoms with Gasteiger partial charge in [0, 0.05) is 5.56 Å². The van der Waals surface area contributed by atoms with Crippen LogP contribution in [-0.2, 0) is 9.53 Å². The van der Waals surface area contributed by atoms with Gasteiger partial charge >= 0.3 is 0 Å². The van der Waals surface area contributed by atoms with Gasteiger partial charge in [-0.2, -0.15) is 0 Å². The van der Waals surface area contributed by atoms with E-state index in [9.17, 15) is 4.79 Å². The molecule has 2 rings (SSSR count). The van der Waals surface area contributed by atoms with Crippen molar-refractivity contribution in [3.8, 4) is 0 Å². The van der Waals surface area contributed by atoms with Crippen molar-refractivity contribution in [2.24, 2.45) is 4.99 Å². The van der Waals surface area contributed by atoms with Gasteiger partial charge in [-0.15, -0.1) is 6.58 Å². The van der Waals surface area contributed by atoms with Gasteiger partial charge in [0.2, 0.25) is 6.10 Å². The topological polar surface area (TPSA) is 50.7 Å². The van der Waals surface area contributed by atoms with Crippen LogP contribution in [0.5, 0.6) is 0 Å². The predicted molar refractivity (Wildman–Crippen MR) is 60.9 cm³/mol. The number of carbonyl (C=O) groups excluding carboxylic acids is 1. The summed E-state index contributed by atoms with van der Waals surface area (Å²) >= 11 is 0. The van der Waals surface area contributed by atoms with Crippen LogP contribution in [0.1, 0.15) is 11.7 Å². The highest BCUT2D eigenvalue weighted by Crippen LogP contribution is 2.21. The molecule has 1 saturated heterocycles. The fourth-order valence-electron chi connectivity index (χ4n) is 1.44. The summed E-state index contributed by atoms with van der Waals surface area (Å²) in [6, 6.07) is 9.58. The number of amidine groups is 1. The summed E-state index contributed by atoms with van der Waals surface area (Å²) in [7, 11) is 0. The second-order valence-electron chi connectivity index (χ2n) is 3.33. The molecule has 1 aromatic rings. The van der Waals surface area contributed by atoms with Crippen LogP contribution in [0.2, 0.25) is 0 Å². The zero-order valence-electron chi connectivity index (χ0n) is 8.72. The second-order valence-corrected chi connectivity index (χ2v) is 3.33. The third-order valence-corrected chi connectivity index (χ3v) is 2.16. The molecule has 1 unspecified atom stereocenters. The highest BCUT2D eigenvalue weighted by atomic mass is 16.5. The van der Waals surface area contributed by atoms with E-state index in [1.807, 2.05) is 30.3 Å². The molecule has 1 aromatic carbocycles. The fourth-order valence-corrected chi connectivity index (χ4v) is 1.44. The number of nitrogens with one attached hydrogen (secondary N) is 1. The molecule has 0 spiro atoms. The van der Waals surface area contributed by atoms with E-state index in [1.54, 1.807) is 6.08 Å². The molecular formula is C12H12N2O2. The van der Waals surface area contributed by atoms with Crippen molar-refractivity contribution >= 4 is 11.9 Å². The minimum atomic E-state index is -0.593. The summed E-state index contributed by atoms with van der Waals surface area (Å²) in [5.74, 6) is -0.186. The number of carbonyl (C=O) groups is 1. The third kappa shape index (κ3) is 2.11. The Morgan fingerprint density at radius 1 is 1.44 bits per heavy atom. The van der Waals surface area contributed by atoms with E-state index in [1.165, 1.54) is 0 Å². The van der Waals surface area contributed by atoms with Crippen LogP contribution in [0.25, 0.3) is 0 Å². The van der Waals surface area contributed by atoms with Crippen molar-refractivity contribution in [2.75, 3.05) is 6.54 Å². The maximum atomic E-state index is 11.6. The molecule has 0 radical (unpaired) electrons. The standard InChI is InChI=1S/C12H12N2O2/c1-2-8-13-12-14-11(15)10(16-12)9-6-4-3-5-7-9/h2-7,10H,1,8H2,(H,13,14,15). The van der Waals surface area contributed by atoms with Crippen molar-refractivity contribution in [1.29, 1.82) is 0 Å². The maximum absolute atomic E-state index is 11.6. The minimum absolute atomic E-state index is 0.186. The third-order valence-electron chi connectivity index (χ3n) is 2.16. The number of nitrogens with zero attached hydrogens (tertiary/aromatic N) is 1. The Morgan fingerprint density at radius 3 is 2.88 bits per heavy atom. The molecule has 0 aromatic heterocycles. The number of aliphatic imine (C=N–C) groups is 1. The summed E-state index contributed by atoms with van der Waals surface area (Å²) in [6.45, 7) is 3.97. The smallest absolute Gasteiger partial charge is 0.292 e. The van der Waals surface area contributed by atoms with Gasteiger partial charge in [0.1, 0.15) is 0 Å². The van der Waals surface area contributed by atoms with Crippen LogP contribution in [0.4, 0.5) is 0 Å². The van der Waals surface area contributed by atoms with Gasteiger partial charge in [0.25, 0.3) is 11.9 Å². The molecule has 4 nitrogen and oxygen atoms in total. The zero-order valence-corrected chi connectivity index (χ0v) is 8.72. The van der Waals surface area contributed by atoms with Gasteiger partial charge in [0.15, 0.2) is 0 Å². The summed E-state index contributed by atoms with van der Waals surface area (Å²) < 4.78 is 5.40. The Morgan fingerprint density at radius 2 is 2.19 bits per heavy atom. The first kappa shape index (κ1) is 10.4. The number of rotatable bonds is 3. The highest BCUT2D eigenvalue weighted by Gasteiger charge is 2.31. The lowest BCUT2D eigenvalue weighted by molar-refractivity contribution is -0.123. The lowest BCUT2D eigenvalue weighted by Crippen LogP contribution is -2.22. The van der Waals surface area contributed by atoms with Gasteiger partial charge < -0.3 is 4.74 Å². The molecule has 1 aliphatic rings. The molecule has 1 heterocycles. The number of hydrogen-bond donors (Lipinski definition) is 1. The summed E-state index contributed by atoms with van der Waals surface area (Å²) in [5.41, 5.74) is 0.823. The van der Waals surface area contributed by atoms with Gasteiger partial charge in [-0.05, 0) is 0 Å². The molecule has 16 heavy (non-hydrogen) atoms. The van der Waals surface area contributed by atoms with Crippen molar-refractivity contribution < 1.29 is 9.53 Å². The van der Waals surface area contributed by atoms with E-state index in [4.69, 9.17) is 4.74 Å². The normalized spacial score (nSPS) is 21.6. The van der Waals surface area contributed by atoms with Crippen LogP contribution in [0, 0.1) is 0 Å². The van der Waals surface area contributed by atoms with Crippen LogP contribution in [0.15, 0.2) is 48.0 Å². The highest BCUT2D eigenvalue weighted by molar-refractivity contribution is 6.02. The molecular weight excluding hydrogens is 204 g/mol. The number of hydrogen-bond acceptors (Lipinski definition) is 3. The van der Waals surface area contributed by atoms with Crippen LogP contribution >= 0.6 is 0 Å². The molecule has 1 atom stereocenters. The van der Waals surface area contributed by atoms with E-state index >= 15 is 0 Å². The Bertz CT molecular complexity index is 426. The molecule has 1 fully saturated rings. The summed E-state index contributed by atoms with van der Waals surface area (Å²) in [4.78, 5) is 15.6. The molecule has 1 aliphatic heterocycles. The average molecular weight is 216 g/mol. The molecule has 0 aliphatic carbocycles. The van der Waals surface area contributed by atoms with E-state index in [0.717, 1.165) is 5.56 Å². The van der Waals surface area contributed by atoms with Crippen molar-refractivity contribution in [1.82, 2.24) is 5.32 Å². The lowest BCUT2D eigenvalue weighted by Gasteiger charge is -2.06. The van der Waals surface area contributed by atoms with Crippen molar-refractivity contribution in [3.05, 3.63) is 48.6 Å². The Kier molecular flexibility index (Phi) is 3.00. The first-order valence-electron chi connectivity index (χ1n) is 4.99. The number of amides is 1. The van der Waals surface area contributed by atoms with E-state index in [-0.39, 0.29) is 11.9 Å². The molecule has 4 heteroatoms. The second kappa shape index (κ2) is 4.61. The van der Waals surface area contributed by atoms with E-state index < -0.39 is 6.10 Å². The Labute approximate surface area is 93.6 Å². The first-order chi connectivity index (χ1) is 7.81. The van der Waals surface area contributed by atoms with Gasteiger partial charge in [-0.1, -0.05) is 36.4 Å². The largest absolute Gasteiger partial charge is 0.447 e. The van der Waals surface area contributed by atoms with Crippen LogP contribution in [0.3, 0.4) is 0 Å². The quantitative estimate of drug-likeness (QED) is 0.777. The maximum Gasteiger partial charge on any atom is 0.292 e. The SMILES string of the molecule is C=CCN=C1NC(=O)C(c2ccccc2)O1. The monoisotopic (exact) mass is 216 g/mol. The molecule has 0 bridgehead atoms. The molecule has 82 valence electrons. The van der Waals surface area contributed by atoms with E-state index in [0.29, 0.717) is 6.54 Å². The average Bonchev–Trinajstić information content (AvgIpc) is 2.69. The summed E-state index contributed by atoms with van der Waals surface area (Å²) in [5, 5.41) is 2.58. The fraction of sp³-hybridized carbons (Fsp3) is 0.167. The van der Waals surface area contributed by atoms with Gasteiger partial charge in [-0.25, -0.2) is 4.99 Å². The Balaban J connectivity index is 2.14. The molecule has 1 amide bonds. The van der Waals surface area contributed by atoms with Crippen LogP contribution < -0.4 is 5.32 Å². The van der Waals surface area contributed by atoms with E-state index in [2.05, 4.69) is 16.9 Å². The molecule has 0 saturated carbocycles. The summed E-state index contributed by atoms with van der Waals surface area (Å²) in [6.07, 6.45) is 1.04. The van der Waals surface area contributed by atoms with Crippen molar-refractivity contribution in [2.45, 2.75) is 6.10 Å². The van der Waals surface area contributed by atoms with Gasteiger partial charge in [0.05, 0.1) is 6.54 Å². The number of ether oxygens (including phenoxy) is 1. The van der Waals surface area contributed by atoms with Gasteiger partial charge in [-0.3, -0.25) is 10.1 Å². The zero-order chi connectivity index (χ0) is 11.4. The van der Waals surface area contributed by atoms with Crippen molar-refractivity contribution in [3.63, 3.8) is 0 Å².